The van der Waals surface area contributed by atoms with Crippen molar-refractivity contribution in [3.63, 3.8) is 0 Å². The van der Waals surface area contributed by atoms with Crippen molar-refractivity contribution in [2.45, 2.75) is 117 Å². The zero-order valence-corrected chi connectivity index (χ0v) is 25.3. The van der Waals surface area contributed by atoms with E-state index in [1.165, 1.54) is 52.4 Å². The van der Waals surface area contributed by atoms with Gasteiger partial charge in [-0.3, -0.25) is 0 Å². The maximum absolute atomic E-state index is 5.89. The van der Waals surface area contributed by atoms with Crippen LogP contribution in [0.25, 0.3) is 11.1 Å². The molecule has 2 aromatic rings. The Balaban J connectivity index is 2.50. The van der Waals surface area contributed by atoms with Crippen molar-refractivity contribution >= 4 is 13.2 Å². The summed E-state index contributed by atoms with van der Waals surface area (Å²) in [5.74, 6) is 3.04. The van der Waals surface area contributed by atoms with Crippen LogP contribution in [-0.2, 0) is 0 Å². The van der Waals surface area contributed by atoms with Crippen LogP contribution in [0.5, 0.6) is 11.5 Å². The molecule has 0 atom stereocenters. The van der Waals surface area contributed by atoms with Gasteiger partial charge in [0.05, 0.1) is 14.2 Å². The second kappa shape index (κ2) is 10.5. The van der Waals surface area contributed by atoms with Crippen molar-refractivity contribution in [1.82, 2.24) is 0 Å². The number of rotatable bonds is 7. The van der Waals surface area contributed by atoms with Crippen LogP contribution in [0.1, 0.15) is 123 Å². The lowest BCUT2D eigenvalue weighted by atomic mass is 9.81. The summed E-state index contributed by atoms with van der Waals surface area (Å²) in [6, 6.07) is 9.57. The quantitative estimate of drug-likeness (QED) is 0.355. The Kier molecular flexibility index (Phi) is 8.38. The predicted molar refractivity (Wildman–Crippen MR) is 156 cm³/mol. The van der Waals surface area contributed by atoms with Gasteiger partial charge in [-0.05, 0) is 86.2 Å². The minimum atomic E-state index is -0.456. The summed E-state index contributed by atoms with van der Waals surface area (Å²) in [4.78, 5) is 0. The third-order valence-electron chi connectivity index (χ3n) is 7.93. The van der Waals surface area contributed by atoms with E-state index in [1.807, 2.05) is 0 Å². The number of hydrogen-bond donors (Lipinski definition) is 0. The molecule has 0 N–H and O–H groups in total. The first-order valence-electron chi connectivity index (χ1n) is 13.5. The topological polar surface area (TPSA) is 18.5 Å². The van der Waals surface area contributed by atoms with Gasteiger partial charge >= 0.3 is 0 Å². The Morgan fingerprint density at radius 3 is 1.54 bits per heavy atom. The van der Waals surface area contributed by atoms with Crippen LogP contribution in [0, 0.1) is 0 Å². The number of hydrogen-bond acceptors (Lipinski definition) is 2. The summed E-state index contributed by atoms with van der Waals surface area (Å²) in [7, 11) is 3.07. The molecule has 3 rings (SSSR count). The molecule has 0 saturated carbocycles. The lowest BCUT2D eigenvalue weighted by Crippen LogP contribution is -2.39. The van der Waals surface area contributed by atoms with Crippen LogP contribution in [0.4, 0.5) is 0 Å². The van der Waals surface area contributed by atoms with E-state index < -0.39 is 7.92 Å². The summed E-state index contributed by atoms with van der Waals surface area (Å²) in [5, 5.41) is 2.01. The first-order valence-corrected chi connectivity index (χ1v) is 14.8. The summed E-state index contributed by atoms with van der Waals surface area (Å²) in [6.07, 6.45) is 3.85. The molecule has 1 saturated heterocycles. The third kappa shape index (κ3) is 5.44. The molecule has 0 amide bonds. The molecule has 0 bridgehead atoms. The maximum atomic E-state index is 5.89. The SMILES string of the molecule is COc1cc(-c2c(C(C)C)cc(C(C)C)cc2C(C)C)c(P2C(C)(C)CCCC2(C)C)cc1OC. The fourth-order valence-electron chi connectivity index (χ4n) is 6.17. The summed E-state index contributed by atoms with van der Waals surface area (Å²) in [6.45, 7) is 24.0. The predicted octanol–water partition coefficient (Wildman–Crippen LogP) is 9.59. The van der Waals surface area contributed by atoms with Gasteiger partial charge in [0.15, 0.2) is 11.5 Å². The number of ether oxygens (including phenoxy) is 2. The van der Waals surface area contributed by atoms with Crippen molar-refractivity contribution in [2.24, 2.45) is 0 Å². The molecule has 0 aromatic heterocycles. The highest BCUT2D eigenvalue weighted by Crippen LogP contribution is 2.66. The average Bonchev–Trinajstić information content (AvgIpc) is 2.76. The van der Waals surface area contributed by atoms with Gasteiger partial charge in [-0.15, -0.1) is 0 Å². The van der Waals surface area contributed by atoms with Gasteiger partial charge in [0.25, 0.3) is 0 Å². The molecule has 2 aromatic carbocycles. The van der Waals surface area contributed by atoms with E-state index in [2.05, 4.69) is 93.5 Å². The van der Waals surface area contributed by atoms with Gasteiger partial charge < -0.3 is 9.47 Å². The molecule has 1 aliphatic heterocycles. The van der Waals surface area contributed by atoms with Gasteiger partial charge in [0, 0.05) is 0 Å². The Labute approximate surface area is 217 Å². The summed E-state index contributed by atoms with van der Waals surface area (Å²) in [5.41, 5.74) is 7.13. The van der Waals surface area contributed by atoms with Crippen LogP contribution >= 0.6 is 7.92 Å². The van der Waals surface area contributed by atoms with Gasteiger partial charge in [0.1, 0.15) is 0 Å². The lowest BCUT2D eigenvalue weighted by molar-refractivity contribution is 0.355. The highest BCUT2D eigenvalue weighted by atomic mass is 31.1. The molecule has 194 valence electrons. The van der Waals surface area contributed by atoms with Gasteiger partial charge in [0.2, 0.25) is 0 Å². The summed E-state index contributed by atoms with van der Waals surface area (Å²) < 4.78 is 11.8. The molecular formula is C32H49O2P. The van der Waals surface area contributed by atoms with E-state index in [-0.39, 0.29) is 10.3 Å². The van der Waals surface area contributed by atoms with Crippen molar-refractivity contribution in [3.05, 3.63) is 41.0 Å². The second-order valence-corrected chi connectivity index (χ2v) is 16.2. The monoisotopic (exact) mass is 496 g/mol. The second-order valence-electron chi connectivity index (χ2n) is 12.6. The molecule has 2 nitrogen and oxygen atoms in total. The van der Waals surface area contributed by atoms with E-state index in [0.717, 1.165) is 11.5 Å². The molecule has 3 heteroatoms. The van der Waals surface area contributed by atoms with E-state index in [9.17, 15) is 0 Å². The van der Waals surface area contributed by atoms with Crippen LogP contribution in [-0.4, -0.2) is 24.5 Å². The summed E-state index contributed by atoms with van der Waals surface area (Å²) >= 11 is 0. The highest BCUT2D eigenvalue weighted by Gasteiger charge is 2.45. The van der Waals surface area contributed by atoms with Crippen LogP contribution in [0.15, 0.2) is 24.3 Å². The Morgan fingerprint density at radius 2 is 1.14 bits per heavy atom. The molecule has 35 heavy (non-hydrogen) atoms. The molecule has 0 unspecified atom stereocenters. The normalized spacial score (nSPS) is 17.9. The first-order chi connectivity index (χ1) is 16.2. The Bertz CT molecular complexity index is 1000. The van der Waals surface area contributed by atoms with Crippen LogP contribution in [0.3, 0.4) is 0 Å². The van der Waals surface area contributed by atoms with Gasteiger partial charge in [-0.1, -0.05) is 95.7 Å². The smallest absolute Gasteiger partial charge is 0.161 e. The molecule has 0 radical (unpaired) electrons. The van der Waals surface area contributed by atoms with E-state index in [1.54, 1.807) is 14.2 Å². The number of benzene rings is 2. The minimum absolute atomic E-state index is 0.263. The minimum Gasteiger partial charge on any atom is -0.493 e. The number of methoxy groups -OCH3 is 2. The third-order valence-corrected chi connectivity index (χ3v) is 11.7. The van der Waals surface area contributed by atoms with Gasteiger partial charge in [-0.25, -0.2) is 0 Å². The van der Waals surface area contributed by atoms with Crippen molar-refractivity contribution in [3.8, 4) is 22.6 Å². The van der Waals surface area contributed by atoms with Crippen LogP contribution < -0.4 is 14.8 Å². The Hall–Kier alpha value is -1.53. The molecule has 1 fully saturated rings. The largest absolute Gasteiger partial charge is 0.493 e. The van der Waals surface area contributed by atoms with E-state index in [0.29, 0.717) is 17.8 Å². The lowest BCUT2D eigenvalue weighted by Gasteiger charge is -2.50. The van der Waals surface area contributed by atoms with E-state index in [4.69, 9.17) is 9.47 Å². The highest BCUT2D eigenvalue weighted by molar-refractivity contribution is 7.69. The zero-order valence-electron chi connectivity index (χ0n) is 24.4. The standard InChI is InChI=1S/C32H49O2P/c1-20(2)23-16-24(21(3)4)30(25(17-23)22(5)6)26-18-27(33-11)28(34-12)19-29(26)35-31(7,8)14-13-15-32(35,9)10/h16-22H,13-15H2,1-12H3. The molecule has 1 aliphatic rings. The van der Waals surface area contributed by atoms with Crippen molar-refractivity contribution < 1.29 is 9.47 Å². The fraction of sp³-hybridized carbons (Fsp3) is 0.625. The molecular weight excluding hydrogens is 447 g/mol. The van der Waals surface area contributed by atoms with Gasteiger partial charge in [-0.2, -0.15) is 0 Å². The van der Waals surface area contributed by atoms with Crippen LogP contribution in [0.2, 0.25) is 0 Å². The molecule has 0 aliphatic carbocycles. The van der Waals surface area contributed by atoms with Crippen molar-refractivity contribution in [2.75, 3.05) is 14.2 Å². The van der Waals surface area contributed by atoms with E-state index >= 15 is 0 Å². The molecule has 1 heterocycles. The van der Waals surface area contributed by atoms with Crippen molar-refractivity contribution in [1.29, 1.82) is 0 Å². The first kappa shape index (κ1) is 28.0. The fourth-order valence-corrected chi connectivity index (χ4v) is 10.5. The molecule has 0 spiro atoms. The average molecular weight is 497 g/mol. The zero-order chi connectivity index (χ0) is 26.3. The maximum Gasteiger partial charge on any atom is 0.161 e. The Morgan fingerprint density at radius 1 is 0.686 bits per heavy atom.